The number of fused-ring (bicyclic) bond motifs is 1. The van der Waals surface area contributed by atoms with Crippen molar-refractivity contribution in [1.29, 1.82) is 0 Å². The Morgan fingerprint density at radius 1 is 1.22 bits per heavy atom. The lowest BCUT2D eigenvalue weighted by atomic mass is 10.0. The van der Waals surface area contributed by atoms with Gasteiger partial charge in [-0.2, -0.15) is 5.10 Å². The number of aryl methyl sites for hydroxylation is 3. The number of hydrogen-bond donors (Lipinski definition) is 2. The van der Waals surface area contributed by atoms with Crippen LogP contribution in [-0.2, 0) is 16.0 Å². The van der Waals surface area contributed by atoms with E-state index in [-0.39, 0.29) is 23.9 Å². The number of nitro groups is 1. The summed E-state index contributed by atoms with van der Waals surface area (Å²) in [5, 5.41) is 21.2. The number of benzene rings is 2. The molecule has 0 aliphatic carbocycles. The van der Waals surface area contributed by atoms with Gasteiger partial charge in [-0.3, -0.25) is 19.7 Å². The van der Waals surface area contributed by atoms with Crippen molar-refractivity contribution in [3.63, 3.8) is 0 Å². The highest BCUT2D eigenvalue weighted by atomic mass is 16.6. The summed E-state index contributed by atoms with van der Waals surface area (Å²) in [4.78, 5) is 35.8. The maximum Gasteiger partial charge on any atom is 0.269 e. The Morgan fingerprint density at radius 3 is 2.56 bits per heavy atom. The molecular weight excluding hydrogens is 410 g/mol. The van der Waals surface area contributed by atoms with Crippen molar-refractivity contribution in [2.75, 3.05) is 10.6 Å². The molecule has 0 bridgehead atoms. The average molecular weight is 433 g/mol. The van der Waals surface area contributed by atoms with Gasteiger partial charge in [0.15, 0.2) is 0 Å². The fourth-order valence-electron chi connectivity index (χ4n) is 3.87. The lowest BCUT2D eigenvalue weighted by Crippen LogP contribution is -2.24. The number of rotatable bonds is 6. The summed E-state index contributed by atoms with van der Waals surface area (Å²) in [6.07, 6.45) is 0.577. The highest BCUT2D eigenvalue weighted by Gasteiger charge is 2.36. The third-order valence-electron chi connectivity index (χ3n) is 5.57. The summed E-state index contributed by atoms with van der Waals surface area (Å²) in [6, 6.07) is 11.5. The SMILES string of the molecule is CCc1nn2c(c1-c1ccc(C)cc1)NC(=O)C2CC(=O)Nc1ccc([N+](=O)[O-])cc1C. The molecule has 3 aromatic rings. The molecule has 0 spiro atoms. The van der Waals surface area contributed by atoms with E-state index in [9.17, 15) is 19.7 Å². The normalized spacial score (nSPS) is 14.7. The number of non-ortho nitro benzene ring substituents is 1. The van der Waals surface area contributed by atoms with Gasteiger partial charge in [0.2, 0.25) is 5.91 Å². The van der Waals surface area contributed by atoms with Crippen LogP contribution in [0.4, 0.5) is 17.2 Å². The summed E-state index contributed by atoms with van der Waals surface area (Å²) in [7, 11) is 0. The molecule has 1 atom stereocenters. The van der Waals surface area contributed by atoms with E-state index in [1.807, 2.05) is 38.1 Å². The van der Waals surface area contributed by atoms with Crippen LogP contribution >= 0.6 is 0 Å². The first-order valence-electron chi connectivity index (χ1n) is 10.3. The first-order valence-corrected chi connectivity index (χ1v) is 10.3. The van der Waals surface area contributed by atoms with Crippen LogP contribution in [0.25, 0.3) is 11.1 Å². The van der Waals surface area contributed by atoms with Gasteiger partial charge in [-0.05, 0) is 37.5 Å². The summed E-state index contributed by atoms with van der Waals surface area (Å²) in [5.74, 6) is -0.0699. The average Bonchev–Trinajstić information content (AvgIpc) is 3.25. The number of carbonyl (C=O) groups is 2. The lowest BCUT2D eigenvalue weighted by Gasteiger charge is -2.11. The summed E-state index contributed by atoms with van der Waals surface area (Å²) in [6.45, 7) is 5.69. The van der Waals surface area contributed by atoms with Gasteiger partial charge < -0.3 is 10.6 Å². The molecule has 0 radical (unpaired) electrons. The predicted octanol–water partition coefficient (Wildman–Crippen LogP) is 4.16. The molecular formula is C23H23N5O4. The van der Waals surface area contributed by atoms with Crippen LogP contribution in [-0.4, -0.2) is 26.5 Å². The van der Waals surface area contributed by atoms with Gasteiger partial charge in [0.05, 0.1) is 17.0 Å². The fraction of sp³-hybridized carbons (Fsp3) is 0.261. The van der Waals surface area contributed by atoms with E-state index < -0.39 is 11.0 Å². The van der Waals surface area contributed by atoms with Crippen molar-refractivity contribution in [2.45, 2.75) is 39.7 Å². The Hall–Kier alpha value is -4.01. The molecule has 1 unspecified atom stereocenters. The summed E-state index contributed by atoms with van der Waals surface area (Å²) < 4.78 is 1.60. The van der Waals surface area contributed by atoms with Crippen molar-refractivity contribution in [3.8, 4) is 11.1 Å². The molecule has 2 amide bonds. The standard InChI is InChI=1S/C23H23N5O4/c1-4-17-21(15-7-5-13(2)6-8-15)22-25-23(30)19(27(22)26-17)12-20(29)24-18-10-9-16(28(31)32)11-14(18)3/h5-11,19H,4,12H2,1-3H3,(H,24,29)(H,25,30). The molecule has 1 aliphatic rings. The van der Waals surface area contributed by atoms with E-state index in [0.717, 1.165) is 22.4 Å². The van der Waals surface area contributed by atoms with Gasteiger partial charge in [0, 0.05) is 23.4 Å². The number of anilines is 2. The second-order valence-corrected chi connectivity index (χ2v) is 7.85. The van der Waals surface area contributed by atoms with Crippen molar-refractivity contribution < 1.29 is 14.5 Å². The van der Waals surface area contributed by atoms with Crippen LogP contribution in [0, 0.1) is 24.0 Å². The van der Waals surface area contributed by atoms with E-state index in [1.165, 1.54) is 18.2 Å². The molecule has 1 aliphatic heterocycles. The highest BCUT2D eigenvalue weighted by Crippen LogP contribution is 2.39. The van der Waals surface area contributed by atoms with E-state index in [4.69, 9.17) is 0 Å². The van der Waals surface area contributed by atoms with Gasteiger partial charge in [-0.25, -0.2) is 4.68 Å². The van der Waals surface area contributed by atoms with Gasteiger partial charge in [0.1, 0.15) is 11.9 Å². The Bertz CT molecular complexity index is 1230. The highest BCUT2D eigenvalue weighted by molar-refractivity contribution is 6.04. The van der Waals surface area contributed by atoms with Crippen LogP contribution in [0.15, 0.2) is 42.5 Å². The molecule has 9 nitrogen and oxygen atoms in total. The molecule has 4 rings (SSSR count). The first kappa shape index (κ1) is 21.2. The number of nitro benzene ring substituents is 1. The topological polar surface area (TPSA) is 119 Å². The number of nitrogens with one attached hydrogen (secondary N) is 2. The quantitative estimate of drug-likeness (QED) is 0.447. The molecule has 32 heavy (non-hydrogen) atoms. The molecule has 9 heteroatoms. The molecule has 2 heterocycles. The van der Waals surface area contributed by atoms with E-state index in [2.05, 4.69) is 15.7 Å². The molecule has 2 aromatic carbocycles. The van der Waals surface area contributed by atoms with Crippen LogP contribution < -0.4 is 10.6 Å². The Balaban J connectivity index is 1.58. The predicted molar refractivity (Wildman–Crippen MR) is 121 cm³/mol. The number of carbonyl (C=O) groups excluding carboxylic acids is 2. The molecule has 0 saturated heterocycles. The smallest absolute Gasteiger partial charge is 0.269 e. The second kappa shape index (κ2) is 8.26. The molecule has 0 saturated carbocycles. The number of aromatic nitrogens is 2. The Kier molecular flexibility index (Phi) is 5.48. The summed E-state index contributed by atoms with van der Waals surface area (Å²) in [5.41, 5.74) is 4.80. The lowest BCUT2D eigenvalue weighted by molar-refractivity contribution is -0.384. The van der Waals surface area contributed by atoms with Gasteiger partial charge >= 0.3 is 0 Å². The van der Waals surface area contributed by atoms with Crippen LogP contribution in [0.1, 0.15) is 36.2 Å². The zero-order valence-corrected chi connectivity index (χ0v) is 18.0. The van der Waals surface area contributed by atoms with Crippen LogP contribution in [0.2, 0.25) is 0 Å². The number of nitrogens with zero attached hydrogens (tertiary/aromatic N) is 3. The molecule has 1 aromatic heterocycles. The number of hydrogen-bond acceptors (Lipinski definition) is 5. The minimum atomic E-state index is -0.771. The van der Waals surface area contributed by atoms with Crippen LogP contribution in [0.3, 0.4) is 0 Å². The van der Waals surface area contributed by atoms with Crippen molar-refractivity contribution in [2.24, 2.45) is 0 Å². The van der Waals surface area contributed by atoms with Crippen molar-refractivity contribution in [1.82, 2.24) is 9.78 Å². The third-order valence-corrected chi connectivity index (χ3v) is 5.57. The largest absolute Gasteiger partial charge is 0.326 e. The van der Waals surface area contributed by atoms with Gasteiger partial charge in [-0.15, -0.1) is 0 Å². The second-order valence-electron chi connectivity index (χ2n) is 7.85. The zero-order chi connectivity index (χ0) is 23.0. The number of amides is 2. The van der Waals surface area contributed by atoms with Crippen molar-refractivity contribution >= 4 is 29.0 Å². The minimum absolute atomic E-state index is 0.0485. The maximum absolute atomic E-state index is 12.7. The zero-order valence-electron chi connectivity index (χ0n) is 18.0. The Morgan fingerprint density at radius 2 is 1.94 bits per heavy atom. The molecule has 164 valence electrons. The third kappa shape index (κ3) is 3.84. The fourth-order valence-corrected chi connectivity index (χ4v) is 3.87. The van der Waals surface area contributed by atoms with Gasteiger partial charge in [0.25, 0.3) is 11.6 Å². The molecule has 2 N–H and O–H groups in total. The van der Waals surface area contributed by atoms with Crippen molar-refractivity contribution in [3.05, 3.63) is 69.4 Å². The monoisotopic (exact) mass is 433 g/mol. The molecule has 0 fully saturated rings. The van der Waals surface area contributed by atoms with Gasteiger partial charge in [-0.1, -0.05) is 36.8 Å². The maximum atomic E-state index is 12.7. The Labute approximate surface area is 184 Å². The van der Waals surface area contributed by atoms with Crippen LogP contribution in [0.5, 0.6) is 0 Å². The van der Waals surface area contributed by atoms with E-state index >= 15 is 0 Å². The van der Waals surface area contributed by atoms with E-state index in [0.29, 0.717) is 23.5 Å². The minimum Gasteiger partial charge on any atom is -0.326 e. The summed E-state index contributed by atoms with van der Waals surface area (Å²) >= 11 is 0. The van der Waals surface area contributed by atoms with E-state index in [1.54, 1.807) is 11.6 Å². The first-order chi connectivity index (χ1) is 15.3.